The first-order valence-electron chi connectivity index (χ1n) is 10.2. The summed E-state index contributed by atoms with van der Waals surface area (Å²) in [7, 11) is 3.51. The Labute approximate surface area is 201 Å². The Morgan fingerprint density at radius 2 is 2.00 bits per heavy atom. The van der Waals surface area contributed by atoms with Crippen molar-refractivity contribution in [3.8, 4) is 0 Å². The maximum absolute atomic E-state index is 12.7. The van der Waals surface area contributed by atoms with Gasteiger partial charge in [0.2, 0.25) is 5.91 Å². The zero-order valence-electron chi connectivity index (χ0n) is 19.5. The smallest absolute Gasteiger partial charge is 0.407 e. The standard InChI is InChI=1S/C20H35N7O3.HI/c1-14(2)16(24-19(29)30-20(3,4)5)11-22-18(21-6)26-8-9-27(17(28)13-26)15-10-23-25(7)12-15;/h10,12,14,16H,8-9,11,13H2,1-7H3,(H,21,22)(H,24,29);1H. The minimum absolute atomic E-state index is 0. The van der Waals surface area contributed by atoms with Gasteiger partial charge in [0.15, 0.2) is 5.96 Å². The molecule has 1 aliphatic heterocycles. The lowest BCUT2D eigenvalue weighted by atomic mass is 10.0. The highest BCUT2D eigenvalue weighted by molar-refractivity contribution is 14.0. The van der Waals surface area contributed by atoms with Crippen molar-refractivity contribution in [2.24, 2.45) is 18.0 Å². The summed E-state index contributed by atoms with van der Waals surface area (Å²) in [5.74, 6) is 0.808. The Bertz CT molecular complexity index is 773. The minimum atomic E-state index is -0.552. The Morgan fingerprint density at radius 3 is 2.48 bits per heavy atom. The molecule has 2 heterocycles. The van der Waals surface area contributed by atoms with Gasteiger partial charge in [-0.05, 0) is 26.7 Å². The van der Waals surface area contributed by atoms with Gasteiger partial charge in [-0.1, -0.05) is 13.8 Å². The number of rotatable bonds is 5. The fourth-order valence-corrected chi connectivity index (χ4v) is 3.12. The van der Waals surface area contributed by atoms with Gasteiger partial charge in [-0.25, -0.2) is 4.79 Å². The molecule has 0 radical (unpaired) electrons. The second-order valence-electron chi connectivity index (χ2n) is 8.76. The molecule has 0 saturated carbocycles. The number of guanidine groups is 1. The molecule has 2 amide bonds. The number of aromatic nitrogens is 2. The zero-order chi connectivity index (χ0) is 22.5. The van der Waals surface area contributed by atoms with E-state index in [1.807, 2.05) is 52.8 Å². The molecule has 1 fully saturated rings. The van der Waals surface area contributed by atoms with Crippen LogP contribution in [0.15, 0.2) is 17.4 Å². The first-order valence-corrected chi connectivity index (χ1v) is 10.2. The second-order valence-corrected chi connectivity index (χ2v) is 8.76. The highest BCUT2D eigenvalue weighted by Gasteiger charge is 2.28. The molecule has 1 aliphatic rings. The molecule has 1 saturated heterocycles. The number of hydrogen-bond donors (Lipinski definition) is 2. The second kappa shape index (κ2) is 11.5. The van der Waals surface area contributed by atoms with Crippen LogP contribution in [0.25, 0.3) is 0 Å². The molecular weight excluding hydrogens is 513 g/mol. The maximum Gasteiger partial charge on any atom is 0.407 e. The largest absolute Gasteiger partial charge is 0.444 e. The van der Waals surface area contributed by atoms with Crippen LogP contribution in [0.2, 0.25) is 0 Å². The molecule has 0 aromatic carbocycles. The van der Waals surface area contributed by atoms with E-state index in [-0.39, 0.29) is 48.4 Å². The van der Waals surface area contributed by atoms with Gasteiger partial charge >= 0.3 is 6.09 Å². The van der Waals surface area contributed by atoms with Gasteiger partial charge in [-0.2, -0.15) is 5.10 Å². The lowest BCUT2D eigenvalue weighted by Crippen LogP contribution is -2.57. The van der Waals surface area contributed by atoms with Gasteiger partial charge in [0.25, 0.3) is 0 Å². The lowest BCUT2D eigenvalue weighted by Gasteiger charge is -2.36. The molecule has 10 nitrogen and oxygen atoms in total. The summed E-state index contributed by atoms with van der Waals surface area (Å²) in [6.45, 7) is 11.4. The van der Waals surface area contributed by atoms with E-state index in [4.69, 9.17) is 4.74 Å². The number of nitrogens with zero attached hydrogens (tertiary/aromatic N) is 5. The van der Waals surface area contributed by atoms with Crippen molar-refractivity contribution in [1.29, 1.82) is 0 Å². The number of aliphatic imine (C=N–C) groups is 1. The van der Waals surface area contributed by atoms with E-state index in [0.717, 1.165) is 5.69 Å². The summed E-state index contributed by atoms with van der Waals surface area (Å²) in [6, 6.07) is -0.149. The van der Waals surface area contributed by atoms with Crippen molar-refractivity contribution in [2.75, 3.05) is 38.1 Å². The van der Waals surface area contributed by atoms with Crippen molar-refractivity contribution in [3.05, 3.63) is 12.4 Å². The minimum Gasteiger partial charge on any atom is -0.444 e. The number of halogens is 1. The Balaban J connectivity index is 0.00000480. The molecule has 1 unspecified atom stereocenters. The molecule has 1 aromatic rings. The number of hydrogen-bond acceptors (Lipinski definition) is 5. The van der Waals surface area contributed by atoms with Gasteiger partial charge in [0.05, 0.1) is 17.9 Å². The predicted molar refractivity (Wildman–Crippen MR) is 132 cm³/mol. The SMILES string of the molecule is CN=C(NCC(NC(=O)OC(C)(C)C)C(C)C)N1CCN(c2cnn(C)c2)C(=O)C1.I. The molecule has 176 valence electrons. The van der Waals surface area contributed by atoms with Crippen LogP contribution >= 0.6 is 24.0 Å². The number of aryl methyl sites for hydroxylation is 1. The summed E-state index contributed by atoms with van der Waals surface area (Å²) in [6.07, 6.45) is 3.07. The molecule has 0 bridgehead atoms. The number of piperazine rings is 1. The fourth-order valence-electron chi connectivity index (χ4n) is 3.12. The van der Waals surface area contributed by atoms with Crippen molar-refractivity contribution in [3.63, 3.8) is 0 Å². The average molecular weight is 549 g/mol. The van der Waals surface area contributed by atoms with Crippen molar-refractivity contribution < 1.29 is 14.3 Å². The van der Waals surface area contributed by atoms with E-state index < -0.39 is 11.7 Å². The van der Waals surface area contributed by atoms with E-state index in [0.29, 0.717) is 25.6 Å². The summed E-state index contributed by atoms with van der Waals surface area (Å²) < 4.78 is 7.04. The number of ether oxygens (including phenoxy) is 1. The van der Waals surface area contributed by atoms with Crippen molar-refractivity contribution in [1.82, 2.24) is 25.3 Å². The zero-order valence-corrected chi connectivity index (χ0v) is 21.8. The molecule has 31 heavy (non-hydrogen) atoms. The van der Waals surface area contributed by atoms with Crippen LogP contribution in [-0.4, -0.2) is 77.5 Å². The number of amides is 2. The Kier molecular flexibility index (Phi) is 10.0. The highest BCUT2D eigenvalue weighted by atomic mass is 127. The van der Waals surface area contributed by atoms with Crippen LogP contribution in [0, 0.1) is 5.92 Å². The van der Waals surface area contributed by atoms with Crippen LogP contribution in [0.4, 0.5) is 10.5 Å². The number of alkyl carbamates (subject to hydrolysis) is 1. The summed E-state index contributed by atoms with van der Waals surface area (Å²) >= 11 is 0. The lowest BCUT2D eigenvalue weighted by molar-refractivity contribution is -0.120. The fraction of sp³-hybridized carbons (Fsp3) is 0.700. The Morgan fingerprint density at radius 1 is 1.32 bits per heavy atom. The van der Waals surface area contributed by atoms with Crippen molar-refractivity contribution in [2.45, 2.75) is 46.3 Å². The van der Waals surface area contributed by atoms with Crippen LogP contribution < -0.4 is 15.5 Å². The third-order valence-electron chi connectivity index (χ3n) is 4.72. The molecular formula is C20H36IN7O3. The third kappa shape index (κ3) is 8.19. The third-order valence-corrected chi connectivity index (χ3v) is 4.72. The summed E-state index contributed by atoms with van der Waals surface area (Å²) in [5, 5.41) is 10.3. The van der Waals surface area contributed by atoms with E-state index in [1.165, 1.54) is 0 Å². The average Bonchev–Trinajstić information content (AvgIpc) is 3.05. The molecule has 0 spiro atoms. The maximum atomic E-state index is 12.7. The van der Waals surface area contributed by atoms with Crippen LogP contribution in [0.1, 0.15) is 34.6 Å². The number of carbonyl (C=O) groups is 2. The van der Waals surface area contributed by atoms with Gasteiger partial charge in [-0.15, -0.1) is 24.0 Å². The molecule has 2 N–H and O–H groups in total. The van der Waals surface area contributed by atoms with Gasteiger partial charge < -0.3 is 25.2 Å². The predicted octanol–water partition coefficient (Wildman–Crippen LogP) is 1.81. The van der Waals surface area contributed by atoms with Gasteiger partial charge in [0.1, 0.15) is 12.1 Å². The molecule has 11 heteroatoms. The number of anilines is 1. The normalized spacial score (nSPS) is 16.1. The molecule has 0 aliphatic carbocycles. The van der Waals surface area contributed by atoms with Crippen LogP contribution in [0.3, 0.4) is 0 Å². The molecule has 1 aromatic heterocycles. The van der Waals surface area contributed by atoms with Crippen LogP contribution in [0.5, 0.6) is 0 Å². The summed E-state index contributed by atoms with van der Waals surface area (Å²) in [5.41, 5.74) is 0.246. The first kappa shape index (κ1) is 27.0. The van der Waals surface area contributed by atoms with Gasteiger partial charge in [0, 0.05) is 39.9 Å². The van der Waals surface area contributed by atoms with Crippen molar-refractivity contribution >= 4 is 47.6 Å². The van der Waals surface area contributed by atoms with E-state index in [2.05, 4.69) is 20.7 Å². The first-order chi connectivity index (χ1) is 14.0. The topological polar surface area (TPSA) is 104 Å². The van der Waals surface area contributed by atoms with Gasteiger partial charge in [-0.3, -0.25) is 14.5 Å². The molecule has 1 atom stereocenters. The Hall–Kier alpha value is -2.05. The number of nitrogens with one attached hydrogen (secondary N) is 2. The highest BCUT2D eigenvalue weighted by Crippen LogP contribution is 2.16. The van der Waals surface area contributed by atoms with E-state index >= 15 is 0 Å². The van der Waals surface area contributed by atoms with E-state index in [9.17, 15) is 9.59 Å². The molecule has 2 rings (SSSR count). The summed E-state index contributed by atoms with van der Waals surface area (Å²) in [4.78, 5) is 32.8. The quantitative estimate of drug-likeness (QED) is 0.330. The monoisotopic (exact) mass is 549 g/mol. The van der Waals surface area contributed by atoms with Crippen LogP contribution in [-0.2, 0) is 16.6 Å². The van der Waals surface area contributed by atoms with E-state index in [1.54, 1.807) is 22.8 Å². The number of carbonyl (C=O) groups excluding carboxylic acids is 2.